The highest BCUT2D eigenvalue weighted by molar-refractivity contribution is 6.32. The van der Waals surface area contributed by atoms with E-state index in [1.54, 1.807) is 22.9 Å². The van der Waals surface area contributed by atoms with E-state index in [1.165, 1.54) is 12.7 Å². The van der Waals surface area contributed by atoms with E-state index in [-0.39, 0.29) is 17.6 Å². The SMILES string of the molecule is C[C@H](Cn1ccc(-c2ccc(C#N)c(Cl)c2)n1)NC(=O)c1cocn1. The van der Waals surface area contributed by atoms with Crippen molar-refractivity contribution in [2.75, 3.05) is 0 Å². The smallest absolute Gasteiger partial charge is 0.273 e. The van der Waals surface area contributed by atoms with Crippen LogP contribution < -0.4 is 5.32 Å². The van der Waals surface area contributed by atoms with Gasteiger partial charge in [-0.3, -0.25) is 9.48 Å². The molecule has 0 aliphatic heterocycles. The average molecular weight is 356 g/mol. The van der Waals surface area contributed by atoms with Gasteiger partial charge in [0.2, 0.25) is 0 Å². The van der Waals surface area contributed by atoms with E-state index >= 15 is 0 Å². The van der Waals surface area contributed by atoms with Crippen molar-refractivity contribution in [3.63, 3.8) is 0 Å². The Hall–Kier alpha value is -3.11. The molecule has 3 aromatic rings. The van der Waals surface area contributed by atoms with E-state index in [0.717, 1.165) is 11.3 Å². The van der Waals surface area contributed by atoms with Crippen molar-refractivity contribution in [3.05, 3.63) is 59.4 Å². The predicted molar refractivity (Wildman–Crippen MR) is 90.8 cm³/mol. The maximum atomic E-state index is 11.9. The van der Waals surface area contributed by atoms with Crippen LogP contribution in [0.4, 0.5) is 0 Å². The number of hydrogen-bond acceptors (Lipinski definition) is 5. The molecule has 1 aromatic carbocycles. The van der Waals surface area contributed by atoms with Crippen LogP contribution in [0.1, 0.15) is 23.0 Å². The molecular formula is C17H14ClN5O2. The van der Waals surface area contributed by atoms with Crippen LogP contribution in [-0.2, 0) is 6.54 Å². The topological polar surface area (TPSA) is 96.7 Å². The molecule has 2 aromatic heterocycles. The molecular weight excluding hydrogens is 342 g/mol. The van der Waals surface area contributed by atoms with Gasteiger partial charge >= 0.3 is 0 Å². The van der Waals surface area contributed by atoms with Crippen LogP contribution in [0.25, 0.3) is 11.3 Å². The number of nitrogens with zero attached hydrogens (tertiary/aromatic N) is 4. The lowest BCUT2D eigenvalue weighted by Crippen LogP contribution is -2.36. The van der Waals surface area contributed by atoms with Crippen LogP contribution in [-0.4, -0.2) is 26.7 Å². The fourth-order valence-corrected chi connectivity index (χ4v) is 2.55. The van der Waals surface area contributed by atoms with Gasteiger partial charge in [0.15, 0.2) is 12.1 Å². The summed E-state index contributed by atoms with van der Waals surface area (Å²) in [7, 11) is 0. The maximum Gasteiger partial charge on any atom is 0.273 e. The van der Waals surface area contributed by atoms with Crippen LogP contribution in [0.5, 0.6) is 0 Å². The third-order valence-corrected chi connectivity index (χ3v) is 3.84. The van der Waals surface area contributed by atoms with Crippen molar-refractivity contribution in [2.24, 2.45) is 0 Å². The number of amides is 1. The van der Waals surface area contributed by atoms with Crippen LogP contribution in [0.2, 0.25) is 5.02 Å². The number of nitriles is 1. The van der Waals surface area contributed by atoms with Crippen LogP contribution in [0.3, 0.4) is 0 Å². The molecule has 1 N–H and O–H groups in total. The maximum absolute atomic E-state index is 11.9. The molecule has 2 heterocycles. The van der Waals surface area contributed by atoms with E-state index in [2.05, 4.69) is 15.4 Å². The summed E-state index contributed by atoms with van der Waals surface area (Å²) in [5, 5.41) is 16.6. The van der Waals surface area contributed by atoms with Gasteiger partial charge in [-0.2, -0.15) is 10.4 Å². The quantitative estimate of drug-likeness (QED) is 0.759. The van der Waals surface area contributed by atoms with Crippen molar-refractivity contribution in [1.82, 2.24) is 20.1 Å². The molecule has 0 unspecified atom stereocenters. The number of oxazole rings is 1. The number of nitrogens with one attached hydrogen (secondary N) is 1. The molecule has 0 aliphatic carbocycles. The van der Waals surface area contributed by atoms with Gasteiger partial charge in [0.1, 0.15) is 12.3 Å². The molecule has 1 amide bonds. The largest absolute Gasteiger partial charge is 0.451 e. The fourth-order valence-electron chi connectivity index (χ4n) is 2.33. The Balaban J connectivity index is 1.66. The number of hydrogen-bond donors (Lipinski definition) is 1. The van der Waals surface area contributed by atoms with Crippen LogP contribution in [0, 0.1) is 11.3 Å². The summed E-state index contributed by atoms with van der Waals surface area (Å²) in [4.78, 5) is 15.7. The zero-order valence-corrected chi connectivity index (χ0v) is 14.1. The zero-order chi connectivity index (χ0) is 17.8. The Morgan fingerprint density at radius 1 is 1.48 bits per heavy atom. The van der Waals surface area contributed by atoms with E-state index in [1.807, 2.05) is 25.3 Å². The molecule has 126 valence electrons. The highest BCUT2D eigenvalue weighted by Crippen LogP contribution is 2.24. The Bertz CT molecular complexity index is 927. The first-order valence-electron chi connectivity index (χ1n) is 7.49. The number of aromatic nitrogens is 3. The minimum Gasteiger partial charge on any atom is -0.451 e. The molecule has 1 atom stereocenters. The van der Waals surface area contributed by atoms with Crippen molar-refractivity contribution < 1.29 is 9.21 Å². The van der Waals surface area contributed by atoms with E-state index in [0.29, 0.717) is 17.1 Å². The number of rotatable bonds is 5. The predicted octanol–water partition coefficient (Wildman–Crippen LogP) is 2.88. The van der Waals surface area contributed by atoms with Gasteiger partial charge in [0.25, 0.3) is 5.91 Å². The molecule has 0 saturated heterocycles. The van der Waals surface area contributed by atoms with Crippen molar-refractivity contribution >= 4 is 17.5 Å². The number of carbonyl (C=O) groups is 1. The van der Waals surface area contributed by atoms with Crippen LogP contribution in [0.15, 0.2) is 47.5 Å². The lowest BCUT2D eigenvalue weighted by molar-refractivity contribution is 0.0931. The molecule has 25 heavy (non-hydrogen) atoms. The van der Waals surface area contributed by atoms with Gasteiger partial charge in [0.05, 0.1) is 22.8 Å². The van der Waals surface area contributed by atoms with Gasteiger partial charge in [-0.15, -0.1) is 0 Å². The molecule has 3 rings (SSSR count). The van der Waals surface area contributed by atoms with Crippen molar-refractivity contribution in [3.8, 4) is 17.3 Å². The Morgan fingerprint density at radius 2 is 2.32 bits per heavy atom. The molecule has 0 aliphatic rings. The van der Waals surface area contributed by atoms with Gasteiger partial charge in [-0.1, -0.05) is 17.7 Å². The fraction of sp³-hybridized carbons (Fsp3) is 0.176. The minimum absolute atomic E-state index is 0.151. The number of carbonyl (C=O) groups excluding carboxylic acids is 1. The third-order valence-electron chi connectivity index (χ3n) is 3.53. The van der Waals surface area contributed by atoms with Gasteiger partial charge in [-0.05, 0) is 25.1 Å². The zero-order valence-electron chi connectivity index (χ0n) is 13.3. The summed E-state index contributed by atoms with van der Waals surface area (Å²) >= 11 is 6.06. The molecule has 0 fully saturated rings. The molecule has 0 bridgehead atoms. The normalized spacial score (nSPS) is 11.7. The summed E-state index contributed by atoms with van der Waals surface area (Å²) < 4.78 is 6.52. The summed E-state index contributed by atoms with van der Waals surface area (Å²) in [6, 6.07) is 8.90. The summed E-state index contributed by atoms with van der Waals surface area (Å²) in [5.41, 5.74) is 2.22. The Morgan fingerprint density at radius 3 is 3.00 bits per heavy atom. The second-order valence-corrected chi connectivity index (χ2v) is 5.88. The molecule has 0 spiro atoms. The minimum atomic E-state index is -0.299. The third kappa shape index (κ3) is 3.87. The first kappa shape index (κ1) is 16.7. The molecule has 0 radical (unpaired) electrons. The lowest BCUT2D eigenvalue weighted by Gasteiger charge is -2.12. The van der Waals surface area contributed by atoms with Crippen molar-refractivity contribution in [2.45, 2.75) is 19.5 Å². The van der Waals surface area contributed by atoms with Crippen molar-refractivity contribution in [1.29, 1.82) is 5.26 Å². The first-order valence-corrected chi connectivity index (χ1v) is 7.87. The van der Waals surface area contributed by atoms with Crippen LogP contribution >= 0.6 is 11.6 Å². The molecule has 0 saturated carbocycles. The highest BCUT2D eigenvalue weighted by Gasteiger charge is 2.13. The standard InChI is InChI=1S/C17H14ClN5O2/c1-11(21-17(24)16-9-25-10-20-16)8-23-5-4-15(22-23)12-2-3-13(7-19)14(18)6-12/h2-6,9-11H,8H2,1H3,(H,21,24)/t11-/m1/s1. The molecule has 7 nitrogen and oxygen atoms in total. The van der Waals surface area contributed by atoms with Gasteiger partial charge < -0.3 is 9.73 Å². The number of halogens is 1. The highest BCUT2D eigenvalue weighted by atomic mass is 35.5. The summed E-state index contributed by atoms with van der Waals surface area (Å²) in [5.74, 6) is -0.299. The Labute approximate surface area is 148 Å². The van der Waals surface area contributed by atoms with Gasteiger partial charge in [-0.25, -0.2) is 4.98 Å². The van der Waals surface area contributed by atoms with E-state index in [9.17, 15) is 4.79 Å². The first-order chi connectivity index (χ1) is 12.1. The summed E-state index contributed by atoms with van der Waals surface area (Å²) in [6.45, 7) is 2.37. The summed E-state index contributed by atoms with van der Waals surface area (Å²) in [6.07, 6.45) is 4.32. The number of benzene rings is 1. The second-order valence-electron chi connectivity index (χ2n) is 5.48. The molecule has 8 heteroatoms. The second kappa shape index (κ2) is 7.20. The van der Waals surface area contributed by atoms with E-state index in [4.69, 9.17) is 21.3 Å². The Kier molecular flexibility index (Phi) is 4.82. The van der Waals surface area contributed by atoms with Gasteiger partial charge in [0, 0.05) is 17.8 Å². The lowest BCUT2D eigenvalue weighted by atomic mass is 10.1. The average Bonchev–Trinajstić information content (AvgIpc) is 3.26. The monoisotopic (exact) mass is 355 g/mol. The van der Waals surface area contributed by atoms with E-state index < -0.39 is 0 Å².